The largest absolute Gasteiger partial charge is 0.508 e. The lowest BCUT2D eigenvalue weighted by atomic mass is 9.95. The first-order valence-electron chi connectivity index (χ1n) is 10.8. The Kier molecular flexibility index (Phi) is 4.76. The van der Waals surface area contributed by atoms with Crippen LogP contribution in [0.4, 0.5) is 10.5 Å². The summed E-state index contributed by atoms with van der Waals surface area (Å²) in [7, 11) is 0. The van der Waals surface area contributed by atoms with Crippen LogP contribution in [0.15, 0.2) is 41.2 Å². The van der Waals surface area contributed by atoms with Gasteiger partial charge in [0.25, 0.3) is 5.91 Å². The van der Waals surface area contributed by atoms with Crippen molar-refractivity contribution in [3.8, 4) is 5.75 Å². The molecule has 1 saturated carbocycles. The minimum absolute atomic E-state index is 0.137. The van der Waals surface area contributed by atoms with Crippen LogP contribution in [-0.4, -0.2) is 42.4 Å². The summed E-state index contributed by atoms with van der Waals surface area (Å²) < 4.78 is 6.90. The van der Waals surface area contributed by atoms with Crippen molar-refractivity contribution in [3.05, 3.63) is 59.2 Å². The van der Waals surface area contributed by atoms with Crippen LogP contribution in [0.25, 0.3) is 0 Å². The highest BCUT2D eigenvalue weighted by Gasteiger charge is 2.58. The maximum atomic E-state index is 13.6. The number of phenolic OH excluding ortho intramolecular Hbond substituents is 1. The average Bonchev–Trinajstić information content (AvgIpc) is 3.53. The molecule has 1 aliphatic carbocycles. The number of aromatic hydroxyl groups is 1. The van der Waals surface area contributed by atoms with Crippen molar-refractivity contribution in [2.75, 3.05) is 4.90 Å². The predicted molar refractivity (Wildman–Crippen MR) is 115 cm³/mol. The normalized spacial score (nSPS) is 17.8. The molecule has 0 atom stereocenters. The first-order valence-corrected chi connectivity index (χ1v) is 10.8. The zero-order valence-corrected chi connectivity index (χ0v) is 18.1. The molecule has 3 heterocycles. The number of phenols is 1. The lowest BCUT2D eigenvalue weighted by Crippen LogP contribution is -2.46. The topological polar surface area (TPSA) is 105 Å². The number of carbonyl (C=O) groups excluding carboxylic acids is 2. The van der Waals surface area contributed by atoms with Gasteiger partial charge in [-0.2, -0.15) is 5.10 Å². The van der Waals surface area contributed by atoms with Crippen molar-refractivity contribution in [2.45, 2.75) is 58.2 Å². The van der Waals surface area contributed by atoms with Gasteiger partial charge in [-0.3, -0.25) is 9.48 Å². The molecule has 9 heteroatoms. The van der Waals surface area contributed by atoms with Gasteiger partial charge in [-0.25, -0.2) is 9.69 Å². The summed E-state index contributed by atoms with van der Waals surface area (Å²) >= 11 is 0. The minimum Gasteiger partial charge on any atom is -0.508 e. The molecule has 1 aliphatic heterocycles. The van der Waals surface area contributed by atoms with Crippen molar-refractivity contribution in [1.29, 1.82) is 0 Å². The van der Waals surface area contributed by atoms with E-state index in [9.17, 15) is 14.7 Å². The van der Waals surface area contributed by atoms with E-state index in [-0.39, 0.29) is 24.2 Å². The Morgan fingerprint density at radius 1 is 1.16 bits per heavy atom. The molecule has 2 fully saturated rings. The van der Waals surface area contributed by atoms with Crippen molar-refractivity contribution in [1.82, 2.24) is 19.8 Å². The summed E-state index contributed by atoms with van der Waals surface area (Å²) in [5, 5.41) is 18.2. The van der Waals surface area contributed by atoms with Crippen LogP contribution in [0, 0.1) is 13.8 Å². The van der Waals surface area contributed by atoms with Gasteiger partial charge in [0, 0.05) is 18.3 Å². The van der Waals surface area contributed by atoms with E-state index >= 15 is 0 Å². The van der Waals surface area contributed by atoms with Gasteiger partial charge < -0.3 is 14.5 Å². The van der Waals surface area contributed by atoms with Crippen LogP contribution in [0.2, 0.25) is 0 Å². The molecule has 2 aromatic heterocycles. The van der Waals surface area contributed by atoms with E-state index in [0.29, 0.717) is 25.1 Å². The number of hydrogen-bond donors (Lipinski definition) is 1. The number of anilines is 1. The fourth-order valence-electron chi connectivity index (χ4n) is 4.89. The van der Waals surface area contributed by atoms with E-state index in [1.54, 1.807) is 40.2 Å². The Morgan fingerprint density at radius 3 is 2.62 bits per heavy atom. The highest BCUT2D eigenvalue weighted by Crippen LogP contribution is 2.44. The second-order valence-corrected chi connectivity index (χ2v) is 8.62. The summed E-state index contributed by atoms with van der Waals surface area (Å²) in [5.41, 5.74) is 2.11. The highest BCUT2D eigenvalue weighted by molar-refractivity contribution is 6.23. The Balaban J connectivity index is 1.45. The first kappa shape index (κ1) is 20.3. The lowest BCUT2D eigenvalue weighted by Gasteiger charge is -2.31. The molecular weight excluding hydrogens is 410 g/mol. The third-order valence-corrected chi connectivity index (χ3v) is 6.60. The van der Waals surface area contributed by atoms with Crippen LogP contribution in [-0.2, 0) is 17.9 Å². The number of nitrogens with zero attached hydrogens (tertiary/aromatic N) is 5. The molecule has 166 valence electrons. The summed E-state index contributed by atoms with van der Waals surface area (Å²) in [6.45, 7) is 4.42. The van der Waals surface area contributed by atoms with Gasteiger partial charge in [0.15, 0.2) is 0 Å². The molecule has 3 amide bonds. The fourth-order valence-corrected chi connectivity index (χ4v) is 4.89. The smallest absolute Gasteiger partial charge is 0.332 e. The molecule has 2 aliphatic rings. The van der Waals surface area contributed by atoms with E-state index in [0.717, 1.165) is 35.4 Å². The van der Waals surface area contributed by atoms with Crippen LogP contribution in [0.3, 0.4) is 0 Å². The molecule has 32 heavy (non-hydrogen) atoms. The fraction of sp³-hybridized carbons (Fsp3) is 0.391. The van der Waals surface area contributed by atoms with Crippen molar-refractivity contribution in [3.63, 3.8) is 0 Å². The van der Waals surface area contributed by atoms with E-state index in [2.05, 4.69) is 10.3 Å². The number of aromatic nitrogens is 3. The third-order valence-electron chi connectivity index (χ3n) is 6.60. The van der Waals surface area contributed by atoms with E-state index in [4.69, 9.17) is 4.52 Å². The van der Waals surface area contributed by atoms with Crippen LogP contribution in [0.5, 0.6) is 5.75 Å². The summed E-state index contributed by atoms with van der Waals surface area (Å²) in [6, 6.07) is 6.46. The number of amides is 3. The molecule has 0 bridgehead atoms. The molecular formula is C23H25N5O4. The zero-order valence-electron chi connectivity index (χ0n) is 18.1. The number of rotatable bonds is 5. The zero-order chi connectivity index (χ0) is 22.5. The Hall–Kier alpha value is -3.62. The molecule has 0 radical (unpaired) electrons. The molecule has 1 spiro atoms. The van der Waals surface area contributed by atoms with Crippen molar-refractivity contribution >= 4 is 17.6 Å². The highest BCUT2D eigenvalue weighted by atomic mass is 16.5. The quantitative estimate of drug-likeness (QED) is 0.615. The van der Waals surface area contributed by atoms with Crippen LogP contribution >= 0.6 is 0 Å². The third kappa shape index (κ3) is 3.16. The molecule has 5 rings (SSSR count). The van der Waals surface area contributed by atoms with Gasteiger partial charge in [0.1, 0.15) is 17.0 Å². The Bertz CT molecular complexity index is 1170. The minimum atomic E-state index is -0.841. The van der Waals surface area contributed by atoms with E-state index < -0.39 is 5.54 Å². The Labute approximate surface area is 185 Å². The number of aryl methyl sites for hydroxylation is 2. The van der Waals surface area contributed by atoms with Crippen molar-refractivity contribution < 1.29 is 19.2 Å². The molecule has 0 unspecified atom stereocenters. The van der Waals surface area contributed by atoms with Gasteiger partial charge >= 0.3 is 6.03 Å². The molecule has 1 N–H and O–H groups in total. The summed E-state index contributed by atoms with van der Waals surface area (Å²) in [4.78, 5) is 30.0. The predicted octanol–water partition coefficient (Wildman–Crippen LogP) is 3.52. The number of urea groups is 1. The SMILES string of the molecule is Cc1noc(C)c1Cn1cc(N2C(=O)N(Cc3cccc(O)c3)C3(CCCC3)C2=O)cn1. The Morgan fingerprint density at radius 2 is 1.94 bits per heavy atom. The average molecular weight is 435 g/mol. The van der Waals surface area contributed by atoms with Gasteiger partial charge in [-0.1, -0.05) is 30.1 Å². The molecule has 9 nitrogen and oxygen atoms in total. The van der Waals surface area contributed by atoms with Crippen LogP contribution < -0.4 is 4.90 Å². The summed E-state index contributed by atoms with van der Waals surface area (Å²) in [5.74, 6) is 0.658. The monoisotopic (exact) mass is 435 g/mol. The van der Waals surface area contributed by atoms with Crippen molar-refractivity contribution in [2.24, 2.45) is 0 Å². The molecule has 3 aromatic rings. The maximum Gasteiger partial charge on any atom is 0.332 e. The first-order chi connectivity index (χ1) is 15.4. The molecule has 1 aromatic carbocycles. The van der Waals surface area contributed by atoms with E-state index in [1.165, 1.54) is 4.90 Å². The van der Waals surface area contributed by atoms with Crippen LogP contribution in [0.1, 0.15) is 48.3 Å². The van der Waals surface area contributed by atoms with Gasteiger partial charge in [0.05, 0.1) is 24.1 Å². The second kappa shape index (κ2) is 7.51. The van der Waals surface area contributed by atoms with Gasteiger partial charge in [0.2, 0.25) is 0 Å². The number of imide groups is 1. The summed E-state index contributed by atoms with van der Waals surface area (Å²) in [6.07, 6.45) is 6.33. The standard InChI is InChI=1S/C23H25N5O4/c1-15-20(16(2)32-25-15)14-26-13-18(11-24-26)28-21(30)23(8-3-4-9-23)27(22(28)31)12-17-6-5-7-19(29)10-17/h5-7,10-11,13,29H,3-4,8-9,12,14H2,1-2H3. The lowest BCUT2D eigenvalue weighted by molar-refractivity contribution is -0.124. The van der Waals surface area contributed by atoms with Gasteiger partial charge in [-0.15, -0.1) is 0 Å². The van der Waals surface area contributed by atoms with E-state index in [1.807, 2.05) is 19.9 Å². The maximum absolute atomic E-state index is 13.6. The number of carbonyl (C=O) groups is 2. The van der Waals surface area contributed by atoms with Gasteiger partial charge in [-0.05, 0) is 44.4 Å². The second-order valence-electron chi connectivity index (χ2n) is 8.62. The number of benzene rings is 1. The number of hydrogen-bond acceptors (Lipinski definition) is 6. The molecule has 1 saturated heterocycles.